The van der Waals surface area contributed by atoms with Gasteiger partial charge >= 0.3 is 0 Å². The van der Waals surface area contributed by atoms with Crippen LogP contribution in [0.25, 0.3) is 0 Å². The number of halogens is 2. The molecule has 0 heterocycles. The number of likely N-dealkylation sites (N-methyl/N-ethyl adjacent to an activating group) is 1. The van der Waals surface area contributed by atoms with Crippen LogP contribution in [0.15, 0.2) is 42.5 Å². The summed E-state index contributed by atoms with van der Waals surface area (Å²) in [5, 5.41) is 3.51. The maximum absolute atomic E-state index is 13.0. The van der Waals surface area contributed by atoms with Gasteiger partial charge in [0.05, 0.1) is 16.7 Å². The second-order valence-electron chi connectivity index (χ2n) is 7.07. The van der Waals surface area contributed by atoms with Crippen LogP contribution in [0.2, 0.25) is 10.0 Å². The molecule has 0 aromatic heterocycles. The first kappa shape index (κ1) is 24.0. The average Bonchev–Trinajstić information content (AvgIpc) is 2.74. The Labute approximate surface area is 188 Å². The zero-order valence-corrected chi connectivity index (χ0v) is 19.1. The molecule has 30 heavy (non-hydrogen) atoms. The summed E-state index contributed by atoms with van der Waals surface area (Å²) in [7, 11) is 1.57. The molecule has 2 rings (SSSR count). The molecule has 2 aromatic carbocycles. The fraction of sp³-hybridized carbons (Fsp3) is 0.391. The van der Waals surface area contributed by atoms with E-state index < -0.39 is 6.04 Å². The van der Waals surface area contributed by atoms with E-state index in [2.05, 4.69) is 5.32 Å². The van der Waals surface area contributed by atoms with Crippen molar-refractivity contribution < 1.29 is 14.3 Å². The van der Waals surface area contributed by atoms with E-state index >= 15 is 0 Å². The lowest BCUT2D eigenvalue weighted by atomic mass is 10.1. The largest absolute Gasteiger partial charge is 0.494 e. The number of benzene rings is 2. The number of hydrogen-bond donors (Lipinski definition) is 1. The standard InChI is InChI=1S/C23H28Cl2N2O3/c1-4-21(23(29)26-3)27(15-17-9-12-19(24)20(25)14-17)22(28)6-5-13-30-18-10-7-16(2)8-11-18/h7-12,14,21H,4-6,13,15H2,1-3H3,(H,26,29)/t21-/m0/s1. The van der Waals surface area contributed by atoms with Crippen molar-refractivity contribution in [3.05, 3.63) is 63.6 Å². The summed E-state index contributed by atoms with van der Waals surface area (Å²) in [6, 6.07) is 12.4. The lowest BCUT2D eigenvalue weighted by Gasteiger charge is -2.30. The van der Waals surface area contributed by atoms with Gasteiger partial charge in [0.1, 0.15) is 11.8 Å². The van der Waals surface area contributed by atoms with Gasteiger partial charge in [0, 0.05) is 20.0 Å². The van der Waals surface area contributed by atoms with Crippen LogP contribution in [-0.4, -0.2) is 36.4 Å². The molecule has 5 nitrogen and oxygen atoms in total. The van der Waals surface area contributed by atoms with E-state index in [0.717, 1.165) is 16.9 Å². The lowest BCUT2D eigenvalue weighted by Crippen LogP contribution is -2.48. The number of ether oxygens (including phenoxy) is 1. The number of hydrogen-bond acceptors (Lipinski definition) is 3. The van der Waals surface area contributed by atoms with Gasteiger partial charge in [-0.2, -0.15) is 0 Å². The van der Waals surface area contributed by atoms with Gasteiger partial charge in [-0.25, -0.2) is 0 Å². The lowest BCUT2D eigenvalue weighted by molar-refractivity contribution is -0.141. The van der Waals surface area contributed by atoms with E-state index in [0.29, 0.717) is 29.5 Å². The second-order valence-corrected chi connectivity index (χ2v) is 7.89. The van der Waals surface area contributed by atoms with Crippen molar-refractivity contribution in [1.29, 1.82) is 0 Å². The van der Waals surface area contributed by atoms with Crippen molar-refractivity contribution >= 4 is 35.0 Å². The van der Waals surface area contributed by atoms with Crippen molar-refractivity contribution in [1.82, 2.24) is 10.2 Å². The van der Waals surface area contributed by atoms with Gasteiger partial charge in [0.2, 0.25) is 11.8 Å². The Balaban J connectivity index is 2.04. The summed E-state index contributed by atoms with van der Waals surface area (Å²) in [5.74, 6) is 0.475. The van der Waals surface area contributed by atoms with Crippen LogP contribution in [-0.2, 0) is 16.1 Å². The molecule has 0 aliphatic carbocycles. The predicted molar refractivity (Wildman–Crippen MR) is 121 cm³/mol. The highest BCUT2D eigenvalue weighted by Crippen LogP contribution is 2.24. The minimum Gasteiger partial charge on any atom is -0.494 e. The van der Waals surface area contributed by atoms with Gasteiger partial charge in [0.25, 0.3) is 0 Å². The number of aryl methyl sites for hydroxylation is 1. The van der Waals surface area contributed by atoms with Crippen molar-refractivity contribution in [2.45, 2.75) is 45.7 Å². The quantitative estimate of drug-likeness (QED) is 0.517. The van der Waals surface area contributed by atoms with E-state index in [1.54, 1.807) is 24.1 Å². The van der Waals surface area contributed by atoms with E-state index in [1.807, 2.05) is 44.2 Å². The molecule has 0 aliphatic rings. The van der Waals surface area contributed by atoms with Crippen molar-refractivity contribution in [2.24, 2.45) is 0 Å². The van der Waals surface area contributed by atoms with Crippen LogP contribution in [0.5, 0.6) is 5.75 Å². The summed E-state index contributed by atoms with van der Waals surface area (Å²) >= 11 is 12.1. The minimum atomic E-state index is -0.560. The first-order valence-corrected chi connectivity index (χ1v) is 10.8. The molecular formula is C23H28Cl2N2O3. The van der Waals surface area contributed by atoms with Crippen LogP contribution in [0.4, 0.5) is 0 Å². The third-order valence-electron chi connectivity index (χ3n) is 4.79. The number of rotatable bonds is 10. The molecule has 1 N–H and O–H groups in total. The van der Waals surface area contributed by atoms with E-state index in [4.69, 9.17) is 27.9 Å². The zero-order valence-electron chi connectivity index (χ0n) is 17.6. The van der Waals surface area contributed by atoms with Crippen LogP contribution >= 0.6 is 23.2 Å². The molecule has 2 aromatic rings. The predicted octanol–water partition coefficient (Wildman–Crippen LogP) is 5.01. The molecule has 0 unspecified atom stereocenters. The molecule has 2 amide bonds. The Hall–Kier alpha value is -2.24. The fourth-order valence-electron chi connectivity index (χ4n) is 3.11. The van der Waals surface area contributed by atoms with Gasteiger partial charge < -0.3 is 15.0 Å². The van der Waals surface area contributed by atoms with Crippen LogP contribution in [0, 0.1) is 6.92 Å². The number of nitrogens with one attached hydrogen (secondary N) is 1. The van der Waals surface area contributed by atoms with E-state index in [1.165, 1.54) is 0 Å². The Bertz CT molecular complexity index is 856. The number of amides is 2. The smallest absolute Gasteiger partial charge is 0.242 e. The molecule has 0 fully saturated rings. The van der Waals surface area contributed by atoms with Crippen LogP contribution < -0.4 is 10.1 Å². The Morgan fingerprint density at radius 2 is 1.80 bits per heavy atom. The monoisotopic (exact) mass is 450 g/mol. The third kappa shape index (κ3) is 6.92. The van der Waals surface area contributed by atoms with Gasteiger partial charge in [0.15, 0.2) is 0 Å². The van der Waals surface area contributed by atoms with Gasteiger partial charge in [-0.3, -0.25) is 9.59 Å². The Morgan fingerprint density at radius 1 is 1.10 bits per heavy atom. The molecular weight excluding hydrogens is 423 g/mol. The van der Waals surface area contributed by atoms with Gasteiger partial charge in [-0.05, 0) is 49.6 Å². The highest BCUT2D eigenvalue weighted by atomic mass is 35.5. The molecule has 0 saturated heterocycles. The van der Waals surface area contributed by atoms with Crippen molar-refractivity contribution in [3.63, 3.8) is 0 Å². The highest BCUT2D eigenvalue weighted by molar-refractivity contribution is 6.42. The maximum atomic E-state index is 13.0. The minimum absolute atomic E-state index is 0.107. The second kappa shape index (κ2) is 11.8. The molecule has 162 valence electrons. The summed E-state index contributed by atoms with van der Waals surface area (Å²) in [6.45, 7) is 4.60. The first-order valence-electron chi connectivity index (χ1n) is 10.00. The van der Waals surface area contributed by atoms with E-state index in [9.17, 15) is 9.59 Å². The molecule has 0 radical (unpaired) electrons. The Kier molecular flexibility index (Phi) is 9.47. The molecule has 0 saturated carbocycles. The van der Waals surface area contributed by atoms with E-state index in [-0.39, 0.29) is 24.8 Å². The summed E-state index contributed by atoms with van der Waals surface area (Å²) in [5.41, 5.74) is 1.98. The first-order chi connectivity index (χ1) is 14.3. The number of carbonyl (C=O) groups is 2. The molecule has 0 aliphatic heterocycles. The number of carbonyl (C=O) groups excluding carboxylic acids is 2. The molecule has 0 spiro atoms. The van der Waals surface area contributed by atoms with Crippen molar-refractivity contribution in [2.75, 3.05) is 13.7 Å². The Morgan fingerprint density at radius 3 is 2.40 bits per heavy atom. The molecule has 0 bridgehead atoms. The molecule has 1 atom stereocenters. The highest BCUT2D eigenvalue weighted by Gasteiger charge is 2.27. The maximum Gasteiger partial charge on any atom is 0.242 e. The number of nitrogens with zero attached hydrogens (tertiary/aromatic N) is 1. The van der Waals surface area contributed by atoms with Crippen LogP contribution in [0.1, 0.15) is 37.3 Å². The van der Waals surface area contributed by atoms with Crippen molar-refractivity contribution in [3.8, 4) is 5.75 Å². The normalized spacial score (nSPS) is 11.6. The summed E-state index contributed by atoms with van der Waals surface area (Å²) in [6.07, 6.45) is 1.34. The van der Waals surface area contributed by atoms with Crippen LogP contribution in [0.3, 0.4) is 0 Å². The fourth-order valence-corrected chi connectivity index (χ4v) is 3.43. The zero-order chi connectivity index (χ0) is 22.1. The third-order valence-corrected chi connectivity index (χ3v) is 5.53. The topological polar surface area (TPSA) is 58.6 Å². The summed E-state index contributed by atoms with van der Waals surface area (Å²) < 4.78 is 5.71. The SMILES string of the molecule is CC[C@@H](C(=O)NC)N(Cc1ccc(Cl)c(Cl)c1)C(=O)CCCOc1ccc(C)cc1. The van der Waals surface area contributed by atoms with Gasteiger partial charge in [-0.15, -0.1) is 0 Å². The summed E-state index contributed by atoms with van der Waals surface area (Å²) in [4.78, 5) is 27.0. The average molecular weight is 451 g/mol. The molecule has 7 heteroatoms. The van der Waals surface area contributed by atoms with Gasteiger partial charge in [-0.1, -0.05) is 53.9 Å².